The molecule has 224 valence electrons. The first-order chi connectivity index (χ1) is 19.4. The number of allylic oxidation sites excluding steroid dienone is 1. The lowest BCUT2D eigenvalue weighted by molar-refractivity contribution is -0.151. The summed E-state index contributed by atoms with van der Waals surface area (Å²) >= 11 is 0. The smallest absolute Gasteiger partial charge is 0.408 e. The van der Waals surface area contributed by atoms with Crippen molar-refractivity contribution in [1.82, 2.24) is 20.2 Å². The van der Waals surface area contributed by atoms with Crippen molar-refractivity contribution < 1.29 is 33.3 Å². The number of ether oxygens (including phenoxy) is 4. The van der Waals surface area contributed by atoms with Crippen molar-refractivity contribution in [3.8, 4) is 11.6 Å². The molecule has 11 nitrogen and oxygen atoms in total. The number of esters is 1. The van der Waals surface area contributed by atoms with Gasteiger partial charge in [-0.2, -0.15) is 0 Å². The Morgan fingerprint density at radius 2 is 1.90 bits per heavy atom. The summed E-state index contributed by atoms with van der Waals surface area (Å²) in [6.07, 6.45) is 4.57. The number of amides is 2. The first-order valence-corrected chi connectivity index (χ1v) is 13.9. The molecule has 3 atom stereocenters. The van der Waals surface area contributed by atoms with E-state index < -0.39 is 41.8 Å². The van der Waals surface area contributed by atoms with Crippen LogP contribution in [0.3, 0.4) is 0 Å². The number of aromatic nitrogens is 2. The summed E-state index contributed by atoms with van der Waals surface area (Å²) in [5.74, 6) is -0.0121. The van der Waals surface area contributed by atoms with Crippen LogP contribution in [-0.2, 0) is 19.1 Å². The van der Waals surface area contributed by atoms with Gasteiger partial charge in [0.05, 0.1) is 31.8 Å². The van der Waals surface area contributed by atoms with E-state index in [1.807, 2.05) is 12.1 Å². The summed E-state index contributed by atoms with van der Waals surface area (Å²) < 4.78 is 21.9. The van der Waals surface area contributed by atoms with E-state index >= 15 is 0 Å². The average Bonchev–Trinajstić information content (AvgIpc) is 3.34. The van der Waals surface area contributed by atoms with Gasteiger partial charge in [-0.15, -0.1) is 6.58 Å². The van der Waals surface area contributed by atoms with Gasteiger partial charge in [0.25, 0.3) is 0 Å². The Kier molecular flexibility index (Phi) is 10.9. The standard InChI is InChI=1S/C30H42N4O7/c1-8-9-10-11-12-13-23(33-29(37)41-30(3,4)5)27(35)34-18-21(17-25(34)28(36)39-7)40-26-19(2)31-22-15-14-20(38-6)16-24(22)32-26/h8,14-16,21,23,25H,1,9-13,17-18H2,2-7H3,(H,33,37)/t21-,23+,25+/m1/s1. The number of hydrogen-bond acceptors (Lipinski definition) is 9. The van der Waals surface area contributed by atoms with E-state index in [0.29, 0.717) is 41.2 Å². The summed E-state index contributed by atoms with van der Waals surface area (Å²) in [5.41, 5.74) is 1.13. The van der Waals surface area contributed by atoms with Crippen LogP contribution in [0.1, 0.15) is 65.0 Å². The van der Waals surface area contributed by atoms with E-state index in [2.05, 4.69) is 21.9 Å². The summed E-state index contributed by atoms with van der Waals surface area (Å²) in [5, 5.41) is 2.72. The van der Waals surface area contributed by atoms with Gasteiger partial charge >= 0.3 is 12.1 Å². The van der Waals surface area contributed by atoms with Gasteiger partial charge in [-0.1, -0.05) is 18.9 Å². The van der Waals surface area contributed by atoms with Crippen LogP contribution in [0.25, 0.3) is 11.0 Å². The van der Waals surface area contributed by atoms with Gasteiger partial charge < -0.3 is 29.2 Å². The van der Waals surface area contributed by atoms with Crippen LogP contribution < -0.4 is 14.8 Å². The predicted molar refractivity (Wildman–Crippen MR) is 154 cm³/mol. The van der Waals surface area contributed by atoms with E-state index in [-0.39, 0.29) is 13.0 Å². The Hall–Kier alpha value is -3.89. The number of carbonyl (C=O) groups excluding carboxylic acids is 3. The molecule has 2 amide bonds. The van der Waals surface area contributed by atoms with E-state index in [4.69, 9.17) is 18.9 Å². The third kappa shape index (κ3) is 8.80. The molecule has 0 bridgehead atoms. The van der Waals surface area contributed by atoms with Gasteiger partial charge in [0.15, 0.2) is 0 Å². The van der Waals surface area contributed by atoms with Gasteiger partial charge in [0, 0.05) is 12.5 Å². The monoisotopic (exact) mass is 570 g/mol. The number of nitrogens with one attached hydrogen (secondary N) is 1. The minimum absolute atomic E-state index is 0.110. The number of nitrogens with zero attached hydrogens (tertiary/aromatic N) is 3. The minimum Gasteiger partial charge on any atom is -0.497 e. The summed E-state index contributed by atoms with van der Waals surface area (Å²) in [6, 6.07) is 3.62. The molecule has 11 heteroatoms. The highest BCUT2D eigenvalue weighted by Crippen LogP contribution is 2.28. The molecule has 0 aliphatic carbocycles. The van der Waals surface area contributed by atoms with Crippen molar-refractivity contribution in [2.24, 2.45) is 0 Å². The first-order valence-electron chi connectivity index (χ1n) is 13.9. The Morgan fingerprint density at radius 1 is 1.15 bits per heavy atom. The van der Waals surface area contributed by atoms with Gasteiger partial charge in [-0.3, -0.25) is 4.79 Å². The fourth-order valence-corrected chi connectivity index (χ4v) is 4.71. The van der Waals surface area contributed by atoms with Gasteiger partial charge in [0.2, 0.25) is 11.8 Å². The number of hydrogen-bond donors (Lipinski definition) is 1. The fraction of sp³-hybridized carbons (Fsp3) is 0.567. The second kappa shape index (κ2) is 14.1. The van der Waals surface area contributed by atoms with Gasteiger partial charge in [-0.25, -0.2) is 19.6 Å². The quantitative estimate of drug-likeness (QED) is 0.223. The second-order valence-electron chi connectivity index (χ2n) is 11.1. The molecular formula is C30H42N4O7. The normalized spacial score (nSPS) is 17.6. The first kappa shape index (κ1) is 31.6. The van der Waals surface area contributed by atoms with E-state index in [1.54, 1.807) is 46.9 Å². The second-order valence-corrected chi connectivity index (χ2v) is 11.1. The van der Waals surface area contributed by atoms with Crippen molar-refractivity contribution in [3.05, 3.63) is 36.5 Å². The number of methoxy groups -OCH3 is 2. The molecule has 0 saturated carbocycles. The third-order valence-electron chi connectivity index (χ3n) is 6.69. The number of fused-ring (bicyclic) bond motifs is 1. The topological polar surface area (TPSA) is 129 Å². The molecule has 0 radical (unpaired) electrons. The van der Waals surface area contributed by atoms with E-state index in [9.17, 15) is 14.4 Å². The highest BCUT2D eigenvalue weighted by atomic mass is 16.6. The van der Waals surface area contributed by atoms with E-state index in [0.717, 1.165) is 19.3 Å². The zero-order valence-electron chi connectivity index (χ0n) is 24.9. The van der Waals surface area contributed by atoms with Crippen molar-refractivity contribution in [2.75, 3.05) is 20.8 Å². The third-order valence-corrected chi connectivity index (χ3v) is 6.69. The van der Waals surface area contributed by atoms with Crippen molar-refractivity contribution in [1.29, 1.82) is 0 Å². The van der Waals surface area contributed by atoms with Crippen LogP contribution in [-0.4, -0.2) is 77.4 Å². The Morgan fingerprint density at radius 3 is 2.56 bits per heavy atom. The summed E-state index contributed by atoms with van der Waals surface area (Å²) in [7, 11) is 2.85. The summed E-state index contributed by atoms with van der Waals surface area (Å²) in [6.45, 7) is 10.9. The molecule has 41 heavy (non-hydrogen) atoms. The molecule has 2 heterocycles. The molecule has 1 aromatic heterocycles. The molecule has 0 unspecified atom stereocenters. The molecule has 2 aromatic rings. The largest absolute Gasteiger partial charge is 0.497 e. The fourth-order valence-electron chi connectivity index (χ4n) is 4.71. The average molecular weight is 571 g/mol. The number of benzene rings is 1. The lowest BCUT2D eigenvalue weighted by Crippen LogP contribution is -2.52. The Bertz CT molecular complexity index is 1240. The molecule has 1 aromatic carbocycles. The highest BCUT2D eigenvalue weighted by Gasteiger charge is 2.44. The zero-order chi connectivity index (χ0) is 30.2. The highest BCUT2D eigenvalue weighted by molar-refractivity contribution is 5.90. The maximum absolute atomic E-state index is 13.8. The molecule has 3 rings (SSSR count). The molecule has 0 spiro atoms. The maximum atomic E-state index is 13.8. The van der Waals surface area contributed by atoms with Crippen molar-refractivity contribution in [2.45, 2.75) is 90.0 Å². The molecule has 1 saturated heterocycles. The lowest BCUT2D eigenvalue weighted by atomic mass is 10.1. The number of carbonyl (C=O) groups is 3. The van der Waals surface area contributed by atoms with Crippen molar-refractivity contribution >= 4 is 29.0 Å². The van der Waals surface area contributed by atoms with Crippen LogP contribution in [0.15, 0.2) is 30.9 Å². The van der Waals surface area contributed by atoms with Crippen LogP contribution >= 0.6 is 0 Å². The maximum Gasteiger partial charge on any atom is 0.408 e. The predicted octanol–water partition coefficient (Wildman–Crippen LogP) is 4.50. The van der Waals surface area contributed by atoms with E-state index in [1.165, 1.54) is 12.0 Å². The number of rotatable bonds is 12. The molecule has 1 aliphatic rings. The molecular weight excluding hydrogens is 528 g/mol. The van der Waals surface area contributed by atoms with Gasteiger partial charge in [-0.05, 0) is 59.1 Å². The SMILES string of the molecule is C=CCCCCC[C@H](NC(=O)OC(C)(C)C)C(=O)N1C[C@H](Oc2nc3cc(OC)ccc3nc2C)C[C@H]1C(=O)OC. The molecule has 1 N–H and O–H groups in total. The lowest BCUT2D eigenvalue weighted by Gasteiger charge is -2.29. The number of aryl methyl sites for hydroxylation is 1. The van der Waals surface area contributed by atoms with Crippen LogP contribution in [0.5, 0.6) is 11.6 Å². The Labute approximate surface area is 241 Å². The van der Waals surface area contributed by atoms with Gasteiger partial charge in [0.1, 0.15) is 35.2 Å². The van der Waals surface area contributed by atoms with Crippen LogP contribution in [0, 0.1) is 6.92 Å². The molecule has 1 fully saturated rings. The van der Waals surface area contributed by atoms with Crippen LogP contribution in [0.2, 0.25) is 0 Å². The molecule has 1 aliphatic heterocycles. The number of unbranched alkanes of at least 4 members (excludes halogenated alkanes) is 3. The zero-order valence-corrected chi connectivity index (χ0v) is 24.9. The Balaban J connectivity index is 1.81. The minimum atomic E-state index is -0.880. The number of alkyl carbamates (subject to hydrolysis) is 1. The number of likely N-dealkylation sites (tertiary alicyclic amines) is 1. The van der Waals surface area contributed by atoms with Crippen LogP contribution in [0.4, 0.5) is 4.79 Å². The van der Waals surface area contributed by atoms with Crippen molar-refractivity contribution in [3.63, 3.8) is 0 Å². The summed E-state index contributed by atoms with van der Waals surface area (Å²) in [4.78, 5) is 49.9.